The molecule has 0 radical (unpaired) electrons. The first kappa shape index (κ1) is 12.3. The van der Waals surface area contributed by atoms with Crippen molar-refractivity contribution in [2.24, 2.45) is 0 Å². The van der Waals surface area contributed by atoms with Gasteiger partial charge in [0.05, 0.1) is 19.2 Å². The summed E-state index contributed by atoms with van der Waals surface area (Å²) in [6.07, 6.45) is 0. The van der Waals surface area contributed by atoms with E-state index in [4.69, 9.17) is 16.3 Å². The van der Waals surface area contributed by atoms with E-state index >= 15 is 0 Å². The van der Waals surface area contributed by atoms with E-state index < -0.39 is 0 Å². The van der Waals surface area contributed by atoms with Crippen LogP contribution >= 0.6 is 34.2 Å². The number of pyridine rings is 1. The minimum Gasteiger partial charge on any atom is -0.482 e. The second-order valence-electron chi connectivity index (χ2n) is 2.62. The van der Waals surface area contributed by atoms with Crippen LogP contribution in [-0.2, 0) is 6.54 Å². The maximum absolute atomic E-state index is 11.5. The highest BCUT2D eigenvalue weighted by molar-refractivity contribution is 14.1. The summed E-state index contributed by atoms with van der Waals surface area (Å²) in [4.78, 5) is 24.8. The predicted molar refractivity (Wildman–Crippen MR) is 64.9 cm³/mol. The molecule has 15 heavy (non-hydrogen) atoms. The fourth-order valence-corrected chi connectivity index (χ4v) is 1.41. The molecule has 0 spiro atoms. The lowest BCUT2D eigenvalue weighted by atomic mass is 10.3. The first-order chi connectivity index (χ1) is 7.04. The molecule has 0 unspecified atom stereocenters. The summed E-state index contributed by atoms with van der Waals surface area (Å²) < 4.78 is 4.58. The van der Waals surface area contributed by atoms with E-state index in [1.165, 1.54) is 13.2 Å². The number of hydrogen-bond donors (Lipinski definition) is 2. The smallest absolute Gasteiger partial charge is 0.280 e. The average molecular weight is 343 g/mol. The molecular weight excluding hydrogens is 334 g/mol. The summed E-state index contributed by atoms with van der Waals surface area (Å²) in [5.74, 6) is 0.287. The molecule has 2 N–H and O–H groups in total. The minimum absolute atomic E-state index is 0.0972. The maximum Gasteiger partial charge on any atom is 0.280 e. The number of rotatable bonds is 3. The van der Waals surface area contributed by atoms with Gasteiger partial charge in [-0.1, -0.05) is 11.6 Å². The first-order valence-corrected chi connectivity index (χ1v) is 5.39. The zero-order valence-electron chi connectivity index (χ0n) is 7.77. The molecule has 0 aliphatic carbocycles. The van der Waals surface area contributed by atoms with Crippen LogP contribution in [0.4, 0.5) is 4.79 Å². The van der Waals surface area contributed by atoms with Gasteiger partial charge in [-0.15, -0.1) is 0 Å². The SMILES string of the molecule is COc1cc(=O)c(CNC(=O)I)c(Cl)[nH]1. The van der Waals surface area contributed by atoms with E-state index in [-0.39, 0.29) is 26.9 Å². The van der Waals surface area contributed by atoms with E-state index in [0.717, 1.165) is 0 Å². The Kier molecular flexibility index (Phi) is 4.40. The highest BCUT2D eigenvalue weighted by Gasteiger charge is 2.08. The number of aromatic nitrogens is 1. The number of ether oxygens (including phenoxy) is 1. The van der Waals surface area contributed by atoms with Crippen molar-refractivity contribution in [2.45, 2.75) is 6.54 Å². The van der Waals surface area contributed by atoms with Crippen molar-refractivity contribution < 1.29 is 9.53 Å². The number of amides is 1. The Morgan fingerprint density at radius 3 is 2.87 bits per heavy atom. The number of carbonyl (C=O) groups excluding carboxylic acids is 1. The highest BCUT2D eigenvalue weighted by atomic mass is 127. The third-order valence-corrected chi connectivity index (χ3v) is 2.39. The minimum atomic E-state index is -0.277. The quantitative estimate of drug-likeness (QED) is 0.380. The van der Waals surface area contributed by atoms with E-state index in [1.807, 2.05) is 0 Å². The lowest BCUT2D eigenvalue weighted by Crippen LogP contribution is -2.21. The van der Waals surface area contributed by atoms with Crippen LogP contribution in [0.3, 0.4) is 0 Å². The van der Waals surface area contributed by atoms with Gasteiger partial charge in [0.25, 0.3) is 3.91 Å². The van der Waals surface area contributed by atoms with Crippen molar-refractivity contribution in [1.29, 1.82) is 0 Å². The van der Waals surface area contributed by atoms with E-state index in [9.17, 15) is 9.59 Å². The van der Waals surface area contributed by atoms with Gasteiger partial charge in [0.1, 0.15) is 5.15 Å². The van der Waals surface area contributed by atoms with Crippen LogP contribution in [-0.4, -0.2) is 16.0 Å². The van der Waals surface area contributed by atoms with Gasteiger partial charge >= 0.3 is 0 Å². The zero-order chi connectivity index (χ0) is 11.4. The predicted octanol–water partition coefficient (Wildman–Crippen LogP) is 1.68. The van der Waals surface area contributed by atoms with Gasteiger partial charge in [-0.3, -0.25) is 9.59 Å². The first-order valence-electron chi connectivity index (χ1n) is 3.93. The lowest BCUT2D eigenvalue weighted by Gasteiger charge is -2.05. The normalized spacial score (nSPS) is 9.80. The van der Waals surface area contributed by atoms with Crippen molar-refractivity contribution in [2.75, 3.05) is 7.11 Å². The molecule has 0 aromatic carbocycles. The second kappa shape index (κ2) is 5.36. The Labute approximate surface area is 104 Å². The molecule has 7 heteroatoms. The van der Waals surface area contributed by atoms with E-state index in [0.29, 0.717) is 5.56 Å². The topological polar surface area (TPSA) is 71.2 Å². The summed E-state index contributed by atoms with van der Waals surface area (Å²) in [5.41, 5.74) is 0.0308. The number of aromatic amines is 1. The third kappa shape index (κ3) is 3.38. The number of halogens is 2. The van der Waals surface area contributed by atoms with Gasteiger partial charge in [-0.05, 0) is 0 Å². The van der Waals surface area contributed by atoms with Crippen molar-refractivity contribution >= 4 is 38.1 Å². The van der Waals surface area contributed by atoms with Crippen LogP contribution in [0.2, 0.25) is 5.15 Å². The number of methoxy groups -OCH3 is 1. The molecule has 0 aliphatic heterocycles. The van der Waals surface area contributed by atoms with Crippen LogP contribution in [0.15, 0.2) is 10.9 Å². The molecule has 1 heterocycles. The molecule has 0 saturated heterocycles. The van der Waals surface area contributed by atoms with Crippen molar-refractivity contribution in [3.8, 4) is 5.88 Å². The average Bonchev–Trinajstić information content (AvgIpc) is 2.15. The molecular formula is C8H8ClIN2O3. The number of hydrogen-bond acceptors (Lipinski definition) is 3. The van der Waals surface area contributed by atoms with E-state index in [2.05, 4.69) is 10.3 Å². The van der Waals surface area contributed by atoms with E-state index in [1.54, 1.807) is 22.6 Å². The maximum atomic E-state index is 11.5. The van der Waals surface area contributed by atoms with Gasteiger partial charge in [-0.25, -0.2) is 0 Å². The largest absolute Gasteiger partial charge is 0.482 e. The van der Waals surface area contributed by atoms with Crippen molar-refractivity contribution in [1.82, 2.24) is 10.3 Å². The van der Waals surface area contributed by atoms with Crippen LogP contribution in [0.1, 0.15) is 5.56 Å². The summed E-state index contributed by atoms with van der Waals surface area (Å²) in [6, 6.07) is 1.28. The monoisotopic (exact) mass is 342 g/mol. The molecule has 1 aromatic rings. The number of H-pyrrole nitrogens is 1. The van der Waals surface area contributed by atoms with Gasteiger partial charge in [0.15, 0.2) is 11.3 Å². The van der Waals surface area contributed by atoms with Crippen molar-refractivity contribution in [3.05, 3.63) is 27.0 Å². The molecule has 0 fully saturated rings. The molecule has 0 aliphatic rings. The Hall–Kier alpha value is -0.760. The fourth-order valence-electron chi connectivity index (χ4n) is 0.967. The van der Waals surface area contributed by atoms with Gasteiger partial charge in [0, 0.05) is 28.7 Å². The molecule has 1 aromatic heterocycles. The van der Waals surface area contributed by atoms with Gasteiger partial charge < -0.3 is 15.0 Å². The van der Waals surface area contributed by atoms with Gasteiger partial charge in [-0.2, -0.15) is 0 Å². The number of carbonyl (C=O) groups is 1. The van der Waals surface area contributed by atoms with Gasteiger partial charge in [0.2, 0.25) is 0 Å². The lowest BCUT2D eigenvalue weighted by molar-refractivity contribution is 0.262. The van der Waals surface area contributed by atoms with Crippen LogP contribution < -0.4 is 15.5 Å². The van der Waals surface area contributed by atoms with Crippen LogP contribution in [0.5, 0.6) is 5.88 Å². The fraction of sp³-hybridized carbons (Fsp3) is 0.250. The molecule has 5 nitrogen and oxygen atoms in total. The van der Waals surface area contributed by atoms with Crippen LogP contribution in [0, 0.1) is 0 Å². The molecule has 0 atom stereocenters. The van der Waals surface area contributed by atoms with Crippen molar-refractivity contribution in [3.63, 3.8) is 0 Å². The number of nitrogens with one attached hydrogen (secondary N) is 2. The Bertz CT molecular complexity index is 432. The zero-order valence-corrected chi connectivity index (χ0v) is 10.7. The molecule has 0 bridgehead atoms. The second-order valence-corrected chi connectivity index (χ2v) is 3.98. The third-order valence-electron chi connectivity index (χ3n) is 1.68. The summed E-state index contributed by atoms with van der Waals surface area (Å²) >= 11 is 7.38. The summed E-state index contributed by atoms with van der Waals surface area (Å²) in [6.45, 7) is 0.0972. The molecule has 1 amide bonds. The standard InChI is InChI=1S/C8H8ClIN2O3/c1-15-6-2-5(13)4(7(9)12-6)3-11-8(10)14/h2H,3H2,1H3,(H,11,14)(H,12,13). The van der Waals surface area contributed by atoms with Crippen LogP contribution in [0.25, 0.3) is 0 Å². The highest BCUT2D eigenvalue weighted by Crippen LogP contribution is 2.13. The Morgan fingerprint density at radius 2 is 2.40 bits per heavy atom. The molecule has 0 saturated carbocycles. The Balaban J connectivity index is 2.98. The summed E-state index contributed by atoms with van der Waals surface area (Å²) in [5, 5.41) is 2.65. The Morgan fingerprint density at radius 1 is 1.73 bits per heavy atom. The molecule has 82 valence electrons. The molecule has 1 rings (SSSR count). The summed E-state index contributed by atoms with van der Waals surface area (Å²) in [7, 11) is 1.42.